The molecule has 4 heteroatoms. The predicted octanol–water partition coefficient (Wildman–Crippen LogP) is 1.09. The minimum atomic E-state index is 0.265. The smallest absolute Gasteiger partial charge is 0.0948 e. The topological polar surface area (TPSA) is 33.1 Å². The van der Waals surface area contributed by atoms with Crippen LogP contribution in [0.5, 0.6) is 0 Å². The summed E-state index contributed by atoms with van der Waals surface area (Å²) in [6, 6.07) is 0. The largest absolute Gasteiger partial charge is 0.333 e. The molecule has 0 radical (unpaired) electrons. The highest BCUT2D eigenvalue weighted by Crippen LogP contribution is 2.29. The van der Waals surface area contributed by atoms with Crippen LogP contribution < -0.4 is 5.32 Å². The second-order valence-electron chi connectivity index (χ2n) is 5.36. The van der Waals surface area contributed by atoms with Crippen LogP contribution in [0.2, 0.25) is 0 Å². The Morgan fingerprint density at radius 1 is 1.59 bits per heavy atom. The first-order valence-electron chi connectivity index (χ1n) is 6.55. The Morgan fingerprint density at radius 3 is 3.06 bits per heavy atom. The zero-order valence-corrected chi connectivity index (χ0v) is 11.2. The van der Waals surface area contributed by atoms with Crippen LogP contribution in [0.25, 0.3) is 0 Å². The normalized spacial score (nSPS) is 24.7. The first-order chi connectivity index (χ1) is 8.15. The van der Waals surface area contributed by atoms with E-state index in [-0.39, 0.29) is 5.41 Å². The van der Waals surface area contributed by atoms with Gasteiger partial charge in [-0.15, -0.1) is 0 Å². The van der Waals surface area contributed by atoms with E-state index in [1.807, 2.05) is 12.5 Å². The lowest BCUT2D eigenvalue weighted by molar-refractivity contribution is 0.328. The first kappa shape index (κ1) is 12.6. The standard InChI is InChI=1S/C13H24N4/c1-4-16(3)7-8-17-11-15-9-12(17)13(2)5-6-14-10-13/h9,11,14H,4-8,10H2,1-3H3. The fraction of sp³-hybridized carbons (Fsp3) is 0.769. The molecule has 1 unspecified atom stereocenters. The lowest BCUT2D eigenvalue weighted by Gasteiger charge is -2.25. The average molecular weight is 236 g/mol. The Hall–Kier alpha value is -0.870. The number of aromatic nitrogens is 2. The third-order valence-corrected chi connectivity index (χ3v) is 3.96. The van der Waals surface area contributed by atoms with Gasteiger partial charge in [0.05, 0.1) is 6.33 Å². The number of rotatable bonds is 5. The van der Waals surface area contributed by atoms with Gasteiger partial charge >= 0.3 is 0 Å². The highest BCUT2D eigenvalue weighted by Gasteiger charge is 2.33. The SMILES string of the molecule is CCN(C)CCn1cncc1C1(C)CCNC1. The minimum absolute atomic E-state index is 0.265. The van der Waals surface area contributed by atoms with E-state index in [0.29, 0.717) is 0 Å². The molecule has 1 aliphatic heterocycles. The molecule has 96 valence electrons. The second-order valence-corrected chi connectivity index (χ2v) is 5.36. The fourth-order valence-electron chi connectivity index (χ4n) is 2.47. The van der Waals surface area contributed by atoms with E-state index in [1.54, 1.807) is 0 Å². The van der Waals surface area contributed by atoms with E-state index < -0.39 is 0 Å². The molecular formula is C13H24N4. The van der Waals surface area contributed by atoms with Crippen molar-refractivity contribution < 1.29 is 0 Å². The van der Waals surface area contributed by atoms with E-state index in [9.17, 15) is 0 Å². The average Bonchev–Trinajstić information content (AvgIpc) is 2.95. The van der Waals surface area contributed by atoms with Gasteiger partial charge < -0.3 is 14.8 Å². The van der Waals surface area contributed by atoms with Gasteiger partial charge in [-0.3, -0.25) is 0 Å². The van der Waals surface area contributed by atoms with Crippen molar-refractivity contribution in [3.63, 3.8) is 0 Å². The van der Waals surface area contributed by atoms with Gasteiger partial charge in [0.2, 0.25) is 0 Å². The van der Waals surface area contributed by atoms with Gasteiger partial charge in [0.1, 0.15) is 0 Å². The van der Waals surface area contributed by atoms with Gasteiger partial charge in [-0.05, 0) is 26.6 Å². The molecule has 2 rings (SSSR count). The lowest BCUT2D eigenvalue weighted by Crippen LogP contribution is -2.30. The summed E-state index contributed by atoms with van der Waals surface area (Å²) >= 11 is 0. The van der Waals surface area contributed by atoms with Crippen molar-refractivity contribution in [2.45, 2.75) is 32.2 Å². The number of hydrogen-bond donors (Lipinski definition) is 1. The highest BCUT2D eigenvalue weighted by atomic mass is 15.1. The van der Waals surface area contributed by atoms with Crippen molar-refractivity contribution in [2.75, 3.05) is 33.2 Å². The van der Waals surface area contributed by atoms with Crippen LogP contribution >= 0.6 is 0 Å². The Labute approximate surface area is 104 Å². The highest BCUT2D eigenvalue weighted by molar-refractivity contribution is 5.17. The maximum atomic E-state index is 4.33. The van der Waals surface area contributed by atoms with Crippen LogP contribution in [0.1, 0.15) is 26.0 Å². The summed E-state index contributed by atoms with van der Waals surface area (Å²) < 4.78 is 2.32. The third-order valence-electron chi connectivity index (χ3n) is 3.96. The predicted molar refractivity (Wildman–Crippen MR) is 70.2 cm³/mol. The van der Waals surface area contributed by atoms with Crippen LogP contribution in [0.15, 0.2) is 12.5 Å². The van der Waals surface area contributed by atoms with Crippen LogP contribution in [0.4, 0.5) is 0 Å². The Kier molecular flexibility index (Phi) is 3.84. The quantitative estimate of drug-likeness (QED) is 0.830. The maximum Gasteiger partial charge on any atom is 0.0948 e. The molecule has 4 nitrogen and oxygen atoms in total. The number of nitrogens with one attached hydrogen (secondary N) is 1. The van der Waals surface area contributed by atoms with Crippen LogP contribution in [0.3, 0.4) is 0 Å². The van der Waals surface area contributed by atoms with Gasteiger partial charge in [0.15, 0.2) is 0 Å². The molecule has 0 spiro atoms. The van der Waals surface area contributed by atoms with E-state index in [0.717, 1.165) is 32.7 Å². The monoisotopic (exact) mass is 236 g/mol. The summed E-state index contributed by atoms with van der Waals surface area (Å²) in [6.07, 6.45) is 5.23. The molecule has 2 heterocycles. The Balaban J connectivity index is 2.06. The van der Waals surface area contributed by atoms with Crippen molar-refractivity contribution in [3.8, 4) is 0 Å². The van der Waals surface area contributed by atoms with Gasteiger partial charge in [-0.25, -0.2) is 4.98 Å². The number of likely N-dealkylation sites (N-methyl/N-ethyl adjacent to an activating group) is 1. The van der Waals surface area contributed by atoms with Crippen molar-refractivity contribution in [3.05, 3.63) is 18.2 Å². The van der Waals surface area contributed by atoms with Crippen LogP contribution in [-0.4, -0.2) is 47.7 Å². The van der Waals surface area contributed by atoms with Crippen molar-refractivity contribution in [2.24, 2.45) is 0 Å². The summed E-state index contributed by atoms with van der Waals surface area (Å²) in [5.41, 5.74) is 1.65. The van der Waals surface area contributed by atoms with Gasteiger partial charge in [-0.1, -0.05) is 13.8 Å². The third kappa shape index (κ3) is 2.69. The van der Waals surface area contributed by atoms with E-state index >= 15 is 0 Å². The number of hydrogen-bond acceptors (Lipinski definition) is 3. The van der Waals surface area contributed by atoms with E-state index in [2.05, 4.69) is 40.7 Å². The molecule has 0 bridgehead atoms. The number of nitrogens with zero attached hydrogens (tertiary/aromatic N) is 3. The van der Waals surface area contributed by atoms with Crippen molar-refractivity contribution in [1.29, 1.82) is 0 Å². The van der Waals surface area contributed by atoms with E-state index in [4.69, 9.17) is 0 Å². The van der Waals surface area contributed by atoms with Gasteiger partial charge in [0, 0.05) is 36.9 Å². The zero-order valence-electron chi connectivity index (χ0n) is 11.2. The zero-order chi connectivity index (χ0) is 12.3. The van der Waals surface area contributed by atoms with Crippen molar-refractivity contribution >= 4 is 0 Å². The molecule has 1 aromatic rings. The Morgan fingerprint density at radius 2 is 2.41 bits per heavy atom. The summed E-state index contributed by atoms with van der Waals surface area (Å²) in [5, 5.41) is 3.45. The molecule has 1 saturated heterocycles. The molecule has 0 saturated carbocycles. The molecule has 0 aliphatic carbocycles. The van der Waals surface area contributed by atoms with Gasteiger partial charge in [-0.2, -0.15) is 0 Å². The molecule has 1 aliphatic rings. The summed E-state index contributed by atoms with van der Waals surface area (Å²) in [5.74, 6) is 0. The summed E-state index contributed by atoms with van der Waals surface area (Å²) in [4.78, 5) is 6.66. The molecular weight excluding hydrogens is 212 g/mol. The van der Waals surface area contributed by atoms with Crippen molar-refractivity contribution in [1.82, 2.24) is 19.8 Å². The van der Waals surface area contributed by atoms with Gasteiger partial charge in [0.25, 0.3) is 0 Å². The fourth-order valence-corrected chi connectivity index (χ4v) is 2.47. The minimum Gasteiger partial charge on any atom is -0.333 e. The molecule has 0 amide bonds. The summed E-state index contributed by atoms with van der Waals surface area (Å²) in [7, 11) is 2.16. The van der Waals surface area contributed by atoms with E-state index in [1.165, 1.54) is 12.1 Å². The molecule has 0 aromatic carbocycles. The maximum absolute atomic E-state index is 4.33. The molecule has 1 atom stereocenters. The second kappa shape index (κ2) is 5.19. The molecule has 17 heavy (non-hydrogen) atoms. The summed E-state index contributed by atoms with van der Waals surface area (Å²) in [6.45, 7) is 9.95. The first-order valence-corrected chi connectivity index (χ1v) is 6.55. The molecule has 1 aromatic heterocycles. The molecule has 1 fully saturated rings. The van der Waals surface area contributed by atoms with Crippen LogP contribution in [0, 0.1) is 0 Å². The van der Waals surface area contributed by atoms with Crippen LogP contribution in [-0.2, 0) is 12.0 Å². The lowest BCUT2D eigenvalue weighted by atomic mass is 9.86. The molecule has 1 N–H and O–H groups in total. The Bertz CT molecular complexity index is 352. The number of imidazole rings is 1.